The first kappa shape index (κ1) is 14.5. The van der Waals surface area contributed by atoms with Gasteiger partial charge in [0.25, 0.3) is 0 Å². The molecule has 0 saturated heterocycles. The number of ketones is 1. The monoisotopic (exact) mass is 307 g/mol. The van der Waals surface area contributed by atoms with Crippen LogP contribution in [0.5, 0.6) is 0 Å². The minimum Gasteiger partial charge on any atom is -0.396 e. The number of carbonyl (C=O) groups excluding carboxylic acids is 1. The van der Waals surface area contributed by atoms with Gasteiger partial charge >= 0.3 is 0 Å². The highest BCUT2D eigenvalue weighted by molar-refractivity contribution is 6.31. The van der Waals surface area contributed by atoms with Crippen LogP contribution in [-0.4, -0.2) is 34.1 Å². The summed E-state index contributed by atoms with van der Waals surface area (Å²) >= 11 is 5.95. The van der Waals surface area contributed by atoms with Gasteiger partial charge in [-0.2, -0.15) is 0 Å². The molecule has 1 fully saturated rings. The van der Waals surface area contributed by atoms with Crippen molar-refractivity contribution >= 4 is 28.3 Å². The normalized spacial score (nSPS) is 29.1. The van der Waals surface area contributed by atoms with Crippen LogP contribution >= 0.6 is 11.6 Å². The van der Waals surface area contributed by atoms with Gasteiger partial charge in [-0.15, -0.1) is 0 Å². The maximum atomic E-state index is 12.7. The Kier molecular flexibility index (Phi) is 3.53. The van der Waals surface area contributed by atoms with E-state index in [1.54, 1.807) is 18.2 Å². The zero-order chi connectivity index (χ0) is 15.2. The highest BCUT2D eigenvalue weighted by atomic mass is 35.5. The Bertz CT molecular complexity index is 699. The van der Waals surface area contributed by atoms with E-state index in [1.165, 1.54) is 0 Å². The standard InChI is InChI=1S/C15H18ClN3O2/c16-10-1-2-11-9(4-10)5-12(19-11)14(21)15(18)6-8(7-20)3-13(15)17/h1-2,4-5,8,13,19-20H,3,6-7,17-18H2. The van der Waals surface area contributed by atoms with Crippen LogP contribution in [0.1, 0.15) is 23.3 Å². The summed E-state index contributed by atoms with van der Waals surface area (Å²) < 4.78 is 0. The van der Waals surface area contributed by atoms with Gasteiger partial charge in [0, 0.05) is 28.6 Å². The molecule has 3 unspecified atom stereocenters. The smallest absolute Gasteiger partial charge is 0.200 e. The number of H-pyrrole nitrogens is 1. The Morgan fingerprint density at radius 2 is 2.24 bits per heavy atom. The fraction of sp³-hybridized carbons (Fsp3) is 0.400. The largest absolute Gasteiger partial charge is 0.396 e. The van der Waals surface area contributed by atoms with E-state index in [4.69, 9.17) is 23.1 Å². The molecule has 112 valence electrons. The van der Waals surface area contributed by atoms with Crippen LogP contribution in [-0.2, 0) is 0 Å². The number of fused-ring (bicyclic) bond motifs is 1. The van der Waals surface area contributed by atoms with Gasteiger partial charge in [0.2, 0.25) is 0 Å². The van der Waals surface area contributed by atoms with Gasteiger partial charge in [-0.25, -0.2) is 0 Å². The fourth-order valence-electron chi connectivity index (χ4n) is 3.16. The van der Waals surface area contributed by atoms with Gasteiger partial charge in [0.05, 0.1) is 11.2 Å². The summed E-state index contributed by atoms with van der Waals surface area (Å²) in [4.78, 5) is 15.8. The van der Waals surface area contributed by atoms with Crippen molar-refractivity contribution in [3.63, 3.8) is 0 Å². The van der Waals surface area contributed by atoms with Gasteiger partial charge in [-0.05, 0) is 43.0 Å². The molecule has 6 N–H and O–H groups in total. The molecular weight excluding hydrogens is 290 g/mol. The number of rotatable bonds is 3. The zero-order valence-corrected chi connectivity index (χ0v) is 12.2. The maximum absolute atomic E-state index is 12.7. The zero-order valence-electron chi connectivity index (χ0n) is 11.5. The van der Waals surface area contributed by atoms with Crippen molar-refractivity contribution in [2.45, 2.75) is 24.4 Å². The third kappa shape index (κ3) is 2.36. The van der Waals surface area contributed by atoms with Gasteiger partial charge in [-0.1, -0.05) is 11.6 Å². The molecule has 6 heteroatoms. The topological polar surface area (TPSA) is 105 Å². The summed E-state index contributed by atoms with van der Waals surface area (Å²) in [6.45, 7) is 0.00222. The van der Waals surface area contributed by atoms with Crippen molar-refractivity contribution in [2.24, 2.45) is 17.4 Å². The average molecular weight is 308 g/mol. The van der Waals surface area contributed by atoms with E-state index < -0.39 is 11.6 Å². The van der Waals surface area contributed by atoms with Gasteiger partial charge in [0.1, 0.15) is 0 Å². The predicted molar refractivity (Wildman–Crippen MR) is 82.3 cm³/mol. The minimum absolute atomic E-state index is 0.00222. The average Bonchev–Trinajstić information content (AvgIpc) is 3.00. The third-order valence-electron chi connectivity index (χ3n) is 4.38. The molecule has 1 saturated carbocycles. The van der Waals surface area contributed by atoms with Crippen molar-refractivity contribution in [1.29, 1.82) is 0 Å². The maximum Gasteiger partial charge on any atom is 0.200 e. The molecule has 1 aromatic heterocycles. The SMILES string of the molecule is NC1CC(CO)CC1(N)C(=O)c1cc2cc(Cl)ccc2[nH]1. The first-order chi connectivity index (χ1) is 9.94. The summed E-state index contributed by atoms with van der Waals surface area (Å²) in [7, 11) is 0. The number of aliphatic hydroxyl groups excluding tert-OH is 1. The quantitative estimate of drug-likeness (QED) is 0.644. The summed E-state index contributed by atoms with van der Waals surface area (Å²) in [5.74, 6) is -0.231. The second-order valence-electron chi connectivity index (χ2n) is 5.88. The highest BCUT2D eigenvalue weighted by Gasteiger charge is 2.48. The van der Waals surface area contributed by atoms with Crippen LogP contribution in [0.4, 0.5) is 0 Å². The van der Waals surface area contributed by atoms with E-state index in [0.29, 0.717) is 23.6 Å². The highest BCUT2D eigenvalue weighted by Crippen LogP contribution is 2.34. The Labute approximate surface area is 127 Å². The Morgan fingerprint density at radius 3 is 2.90 bits per heavy atom. The number of hydrogen-bond donors (Lipinski definition) is 4. The molecule has 21 heavy (non-hydrogen) atoms. The lowest BCUT2D eigenvalue weighted by Gasteiger charge is -2.26. The molecule has 0 bridgehead atoms. The predicted octanol–water partition coefficient (Wildman–Crippen LogP) is 1.43. The number of nitrogens with one attached hydrogen (secondary N) is 1. The molecule has 3 rings (SSSR count). The van der Waals surface area contributed by atoms with Crippen LogP contribution < -0.4 is 11.5 Å². The molecule has 0 spiro atoms. The third-order valence-corrected chi connectivity index (χ3v) is 4.62. The molecule has 1 aliphatic rings. The number of halogens is 1. The van der Waals surface area contributed by atoms with E-state index in [-0.39, 0.29) is 18.3 Å². The first-order valence-corrected chi connectivity index (χ1v) is 7.30. The van der Waals surface area contributed by atoms with Crippen LogP contribution in [0.15, 0.2) is 24.3 Å². The number of hydrogen-bond acceptors (Lipinski definition) is 4. The molecule has 1 aromatic carbocycles. The van der Waals surface area contributed by atoms with Crippen molar-refractivity contribution in [1.82, 2.24) is 4.98 Å². The molecule has 1 heterocycles. The molecule has 2 aromatic rings. The van der Waals surface area contributed by atoms with Gasteiger partial charge in [0.15, 0.2) is 5.78 Å². The van der Waals surface area contributed by atoms with E-state index in [0.717, 1.165) is 10.9 Å². The number of aromatic amines is 1. The molecule has 5 nitrogen and oxygen atoms in total. The Balaban J connectivity index is 1.96. The minimum atomic E-state index is -1.13. The molecular formula is C15H18ClN3O2. The van der Waals surface area contributed by atoms with Crippen LogP contribution in [0.2, 0.25) is 5.02 Å². The molecule has 0 radical (unpaired) electrons. The lowest BCUT2D eigenvalue weighted by Crippen LogP contribution is -2.57. The number of carbonyl (C=O) groups is 1. The molecule has 0 aliphatic heterocycles. The van der Waals surface area contributed by atoms with E-state index in [9.17, 15) is 9.90 Å². The Morgan fingerprint density at radius 1 is 1.48 bits per heavy atom. The second kappa shape index (κ2) is 5.10. The summed E-state index contributed by atoms with van der Waals surface area (Å²) in [6.07, 6.45) is 0.963. The van der Waals surface area contributed by atoms with Crippen LogP contribution in [0.25, 0.3) is 10.9 Å². The van der Waals surface area contributed by atoms with Crippen molar-refractivity contribution in [2.75, 3.05) is 6.61 Å². The Hall–Kier alpha value is -1.40. The summed E-state index contributed by atoms with van der Waals surface area (Å²) in [5, 5.41) is 10.7. The lowest BCUT2D eigenvalue weighted by molar-refractivity contribution is 0.0869. The fourth-order valence-corrected chi connectivity index (χ4v) is 3.34. The lowest BCUT2D eigenvalue weighted by atomic mass is 9.87. The van der Waals surface area contributed by atoms with Gasteiger partial charge in [-0.3, -0.25) is 4.79 Å². The van der Waals surface area contributed by atoms with Crippen molar-refractivity contribution < 1.29 is 9.90 Å². The first-order valence-electron chi connectivity index (χ1n) is 6.92. The number of benzene rings is 1. The van der Waals surface area contributed by atoms with Gasteiger partial charge < -0.3 is 21.6 Å². The molecule has 3 atom stereocenters. The molecule has 0 amide bonds. The van der Waals surface area contributed by atoms with E-state index in [1.807, 2.05) is 6.07 Å². The number of nitrogens with two attached hydrogens (primary N) is 2. The summed E-state index contributed by atoms with van der Waals surface area (Å²) in [6, 6.07) is 6.67. The van der Waals surface area contributed by atoms with E-state index in [2.05, 4.69) is 4.98 Å². The van der Waals surface area contributed by atoms with Crippen molar-refractivity contribution in [3.05, 3.63) is 35.0 Å². The number of aromatic nitrogens is 1. The van der Waals surface area contributed by atoms with Crippen molar-refractivity contribution in [3.8, 4) is 0 Å². The second-order valence-corrected chi connectivity index (χ2v) is 6.32. The number of aliphatic hydroxyl groups is 1. The summed E-state index contributed by atoms with van der Waals surface area (Å²) in [5.41, 5.74) is 12.4. The van der Waals surface area contributed by atoms with E-state index >= 15 is 0 Å². The number of Topliss-reactive ketones (excluding diaryl/α,β-unsaturated/α-hetero) is 1. The van der Waals surface area contributed by atoms with Crippen LogP contribution in [0, 0.1) is 5.92 Å². The van der Waals surface area contributed by atoms with Crippen LogP contribution in [0.3, 0.4) is 0 Å². The molecule has 1 aliphatic carbocycles.